The fourth-order valence-corrected chi connectivity index (χ4v) is 1.02. The molecule has 0 radical (unpaired) electrons. The van der Waals surface area contributed by atoms with Crippen molar-refractivity contribution in [3.8, 4) is 0 Å². The van der Waals surface area contributed by atoms with Gasteiger partial charge in [-0.3, -0.25) is 0 Å². The van der Waals surface area contributed by atoms with Crippen LogP contribution >= 0.6 is 0 Å². The first-order valence-corrected chi connectivity index (χ1v) is 3.54. The van der Waals surface area contributed by atoms with Crippen molar-refractivity contribution in [2.24, 2.45) is 5.73 Å². The van der Waals surface area contributed by atoms with E-state index in [1.807, 2.05) is 0 Å². The van der Waals surface area contributed by atoms with Gasteiger partial charge in [0.15, 0.2) is 0 Å². The quantitative estimate of drug-likeness (QED) is 0.598. The average Bonchev–Trinajstić information content (AvgIpc) is 2.34. The molecular weight excluding hydrogens is 112 g/mol. The number of hydrogen-bond acceptors (Lipinski definition) is 2. The van der Waals surface area contributed by atoms with Crippen molar-refractivity contribution in [1.82, 2.24) is 4.90 Å². The zero-order chi connectivity index (χ0) is 6.53. The predicted octanol–water partition coefficient (Wildman–Crippen LogP) is 0.555. The highest BCUT2D eigenvalue weighted by molar-refractivity contribution is 4.90. The first kappa shape index (κ1) is 6.62. The molecule has 1 rings (SSSR count). The summed E-state index contributed by atoms with van der Waals surface area (Å²) in [4.78, 5) is 2.31. The summed E-state index contributed by atoms with van der Waals surface area (Å²) in [6.07, 6.45) is 6.70. The number of rotatable bonds is 3. The van der Waals surface area contributed by atoms with E-state index in [9.17, 15) is 0 Å². The molecule has 0 aromatic carbocycles. The van der Waals surface area contributed by atoms with E-state index in [4.69, 9.17) is 5.73 Å². The standard InChI is InChI=1S/C7H14N2/c8-4-3-7-9-5-1-2-6-9/h1,5H,2-4,6-8H2. The van der Waals surface area contributed by atoms with Gasteiger partial charge in [-0.25, -0.2) is 0 Å². The molecule has 1 aliphatic rings. The molecule has 0 saturated heterocycles. The third kappa shape index (κ3) is 2.06. The van der Waals surface area contributed by atoms with Crippen LogP contribution in [0.2, 0.25) is 0 Å². The second kappa shape index (κ2) is 3.51. The van der Waals surface area contributed by atoms with Gasteiger partial charge in [-0.2, -0.15) is 0 Å². The van der Waals surface area contributed by atoms with Gasteiger partial charge in [0.1, 0.15) is 0 Å². The lowest BCUT2D eigenvalue weighted by Gasteiger charge is -2.13. The van der Waals surface area contributed by atoms with Gasteiger partial charge >= 0.3 is 0 Å². The Hall–Kier alpha value is -0.500. The number of nitrogens with two attached hydrogens (primary N) is 1. The summed E-state index contributed by atoms with van der Waals surface area (Å²) in [7, 11) is 0. The molecule has 0 bridgehead atoms. The molecule has 2 heteroatoms. The average molecular weight is 126 g/mol. The summed E-state index contributed by atoms with van der Waals surface area (Å²) >= 11 is 0. The van der Waals surface area contributed by atoms with E-state index in [0.29, 0.717) is 0 Å². The van der Waals surface area contributed by atoms with Crippen LogP contribution in [-0.4, -0.2) is 24.5 Å². The number of hydrogen-bond donors (Lipinski definition) is 1. The van der Waals surface area contributed by atoms with Gasteiger partial charge < -0.3 is 10.6 Å². The van der Waals surface area contributed by atoms with E-state index in [2.05, 4.69) is 17.2 Å². The van der Waals surface area contributed by atoms with Gasteiger partial charge in [0.2, 0.25) is 0 Å². The molecule has 1 heterocycles. The first-order chi connectivity index (χ1) is 4.43. The summed E-state index contributed by atoms with van der Waals surface area (Å²) in [5.41, 5.74) is 5.36. The Morgan fingerprint density at radius 3 is 3.00 bits per heavy atom. The zero-order valence-electron chi connectivity index (χ0n) is 5.71. The summed E-state index contributed by atoms with van der Waals surface area (Å²) in [6, 6.07) is 0. The maximum atomic E-state index is 5.36. The van der Waals surface area contributed by atoms with Gasteiger partial charge in [-0.15, -0.1) is 0 Å². The Morgan fingerprint density at radius 2 is 2.44 bits per heavy atom. The second-order valence-electron chi connectivity index (χ2n) is 2.35. The van der Waals surface area contributed by atoms with Crippen molar-refractivity contribution < 1.29 is 0 Å². The highest BCUT2D eigenvalue weighted by Gasteiger charge is 2.00. The summed E-state index contributed by atoms with van der Waals surface area (Å²) in [5.74, 6) is 0. The summed E-state index contributed by atoms with van der Waals surface area (Å²) in [5, 5.41) is 0. The van der Waals surface area contributed by atoms with E-state index >= 15 is 0 Å². The van der Waals surface area contributed by atoms with Gasteiger partial charge in [0.25, 0.3) is 0 Å². The van der Waals surface area contributed by atoms with E-state index in [0.717, 1.165) is 19.5 Å². The van der Waals surface area contributed by atoms with Crippen LogP contribution in [0.25, 0.3) is 0 Å². The van der Waals surface area contributed by atoms with Gasteiger partial charge in [-0.05, 0) is 25.6 Å². The van der Waals surface area contributed by atoms with Gasteiger partial charge in [0.05, 0.1) is 0 Å². The summed E-state index contributed by atoms with van der Waals surface area (Å²) in [6.45, 7) is 3.14. The largest absolute Gasteiger partial charge is 0.377 e. The topological polar surface area (TPSA) is 29.3 Å². The van der Waals surface area contributed by atoms with Crippen LogP contribution in [0.3, 0.4) is 0 Å². The second-order valence-corrected chi connectivity index (χ2v) is 2.35. The van der Waals surface area contributed by atoms with Crippen LogP contribution in [0, 0.1) is 0 Å². The molecule has 0 aromatic heterocycles. The molecular formula is C7H14N2. The zero-order valence-corrected chi connectivity index (χ0v) is 5.71. The lowest BCUT2D eigenvalue weighted by atomic mass is 10.4. The van der Waals surface area contributed by atoms with Crippen LogP contribution in [0.15, 0.2) is 12.3 Å². The van der Waals surface area contributed by atoms with E-state index in [1.165, 1.54) is 13.0 Å². The van der Waals surface area contributed by atoms with Gasteiger partial charge in [0, 0.05) is 13.1 Å². The molecule has 0 aliphatic carbocycles. The fraction of sp³-hybridized carbons (Fsp3) is 0.714. The predicted molar refractivity (Wildman–Crippen MR) is 39.0 cm³/mol. The maximum Gasteiger partial charge on any atom is 0.0207 e. The molecule has 0 unspecified atom stereocenters. The van der Waals surface area contributed by atoms with Crippen molar-refractivity contribution >= 4 is 0 Å². The third-order valence-corrected chi connectivity index (χ3v) is 1.55. The first-order valence-electron chi connectivity index (χ1n) is 3.54. The van der Waals surface area contributed by atoms with E-state index < -0.39 is 0 Å². The van der Waals surface area contributed by atoms with E-state index in [-0.39, 0.29) is 0 Å². The Balaban J connectivity index is 2.05. The molecule has 0 aromatic rings. The van der Waals surface area contributed by atoms with Crippen molar-refractivity contribution in [2.45, 2.75) is 12.8 Å². The molecule has 0 spiro atoms. The Bertz CT molecular complexity index is 99.1. The molecule has 9 heavy (non-hydrogen) atoms. The molecule has 2 N–H and O–H groups in total. The Morgan fingerprint density at radius 1 is 1.56 bits per heavy atom. The third-order valence-electron chi connectivity index (χ3n) is 1.55. The normalized spacial score (nSPS) is 17.2. The molecule has 52 valence electrons. The van der Waals surface area contributed by atoms with Crippen molar-refractivity contribution in [2.75, 3.05) is 19.6 Å². The van der Waals surface area contributed by atoms with Crippen molar-refractivity contribution in [3.05, 3.63) is 12.3 Å². The monoisotopic (exact) mass is 126 g/mol. The van der Waals surface area contributed by atoms with Crippen LogP contribution in [0.5, 0.6) is 0 Å². The van der Waals surface area contributed by atoms with E-state index in [1.54, 1.807) is 0 Å². The molecule has 0 saturated carbocycles. The highest BCUT2D eigenvalue weighted by Crippen LogP contribution is 2.02. The minimum absolute atomic E-state index is 0.810. The highest BCUT2D eigenvalue weighted by atomic mass is 15.1. The smallest absolute Gasteiger partial charge is 0.0207 e. The Labute approximate surface area is 56.3 Å². The number of nitrogens with zero attached hydrogens (tertiary/aromatic N) is 1. The lowest BCUT2D eigenvalue weighted by molar-refractivity contribution is 0.401. The van der Waals surface area contributed by atoms with Crippen molar-refractivity contribution in [3.63, 3.8) is 0 Å². The van der Waals surface area contributed by atoms with Gasteiger partial charge in [-0.1, -0.05) is 6.08 Å². The molecule has 0 fully saturated rings. The minimum atomic E-state index is 0.810. The van der Waals surface area contributed by atoms with Crippen LogP contribution in [0.1, 0.15) is 12.8 Å². The molecule has 2 nitrogen and oxygen atoms in total. The SMILES string of the molecule is NCCCN1C=CCC1. The van der Waals surface area contributed by atoms with Crippen LogP contribution in [0.4, 0.5) is 0 Å². The molecule has 1 aliphatic heterocycles. The van der Waals surface area contributed by atoms with Crippen LogP contribution in [-0.2, 0) is 0 Å². The maximum absolute atomic E-state index is 5.36. The fourth-order valence-electron chi connectivity index (χ4n) is 1.02. The minimum Gasteiger partial charge on any atom is -0.377 e. The molecule has 0 atom stereocenters. The lowest BCUT2D eigenvalue weighted by Crippen LogP contribution is -2.18. The van der Waals surface area contributed by atoms with Crippen LogP contribution < -0.4 is 5.73 Å². The summed E-state index contributed by atoms with van der Waals surface area (Å²) < 4.78 is 0. The molecule has 0 amide bonds. The Kier molecular flexibility index (Phi) is 2.58. The van der Waals surface area contributed by atoms with Crippen molar-refractivity contribution in [1.29, 1.82) is 0 Å².